The first-order valence-corrected chi connectivity index (χ1v) is 25.5. The van der Waals surface area contributed by atoms with Crippen LogP contribution < -0.4 is 0 Å². The fourth-order valence-corrected chi connectivity index (χ4v) is 13.7. The van der Waals surface area contributed by atoms with Gasteiger partial charge in [0.2, 0.25) is 0 Å². The third-order valence-electron chi connectivity index (χ3n) is 14.3. The van der Waals surface area contributed by atoms with E-state index in [0.29, 0.717) is 11.8 Å². The van der Waals surface area contributed by atoms with Gasteiger partial charge in [-0.1, -0.05) is 155 Å². The minimum absolute atomic E-state index is 0. The summed E-state index contributed by atoms with van der Waals surface area (Å²) >= 11 is 7.78. The fourth-order valence-electron chi connectivity index (χ4n) is 10.6. The van der Waals surface area contributed by atoms with E-state index in [-0.39, 0.29) is 47.9 Å². The second-order valence-corrected chi connectivity index (χ2v) is 26.4. The number of hydrogen-bond acceptors (Lipinski definition) is 0. The molecular weight excluding hydrogens is 827 g/mol. The van der Waals surface area contributed by atoms with Gasteiger partial charge >= 0.3 is 0 Å². The molecule has 4 aromatic rings. The molecule has 4 aromatic carbocycles. The van der Waals surface area contributed by atoms with Crippen LogP contribution in [0.2, 0.25) is 12.1 Å². The van der Waals surface area contributed by atoms with Gasteiger partial charge in [-0.2, -0.15) is 11.1 Å². The van der Waals surface area contributed by atoms with Crippen LogP contribution in [-0.2, 0) is 73.5 Å². The molecular formula is C56H70ClSiZr. The van der Waals surface area contributed by atoms with Crippen LogP contribution in [0.3, 0.4) is 0 Å². The van der Waals surface area contributed by atoms with Gasteiger partial charge in [0.1, 0.15) is 0 Å². The van der Waals surface area contributed by atoms with Gasteiger partial charge in [-0.25, -0.2) is 0 Å². The van der Waals surface area contributed by atoms with Crippen LogP contribution in [0.4, 0.5) is 0 Å². The predicted octanol–water partition coefficient (Wildman–Crippen LogP) is 16.1. The molecule has 1 radical (unpaired) electrons. The Labute approximate surface area is 384 Å². The van der Waals surface area contributed by atoms with Gasteiger partial charge in [-0.15, -0.1) is 0 Å². The summed E-state index contributed by atoms with van der Waals surface area (Å²) in [6, 6.07) is 22.4. The summed E-state index contributed by atoms with van der Waals surface area (Å²) in [6.45, 7) is 33.2. The molecule has 3 heteroatoms. The van der Waals surface area contributed by atoms with E-state index in [0.717, 1.165) is 12.1 Å². The molecule has 309 valence electrons. The van der Waals surface area contributed by atoms with Crippen molar-refractivity contribution in [2.45, 2.75) is 181 Å². The van der Waals surface area contributed by atoms with Crippen molar-refractivity contribution in [3.8, 4) is 22.3 Å². The predicted molar refractivity (Wildman–Crippen MR) is 257 cm³/mol. The second kappa shape index (κ2) is 15.8. The Hall–Kier alpha value is -2.25. The minimum Gasteiger partial charge on any atom is -0.169 e. The Balaban J connectivity index is 0.00000528. The molecule has 4 aliphatic rings. The van der Waals surface area contributed by atoms with Gasteiger partial charge in [-0.05, 0) is 175 Å². The zero-order valence-corrected chi connectivity index (χ0v) is 43.2. The fraction of sp³-hybridized carbons (Fsp3) is 0.500. The van der Waals surface area contributed by atoms with E-state index in [1.54, 1.807) is 33.4 Å². The number of aryl methyl sites for hydroxylation is 2. The third-order valence-corrected chi connectivity index (χ3v) is 16.9. The normalized spacial score (nSPS) is 18.7. The molecule has 2 unspecified atom stereocenters. The van der Waals surface area contributed by atoms with Crippen LogP contribution in [0.15, 0.2) is 59.7 Å². The maximum Gasteiger partial charge on any atom is 0.167 e. The Morgan fingerprint density at radius 3 is 1.12 bits per heavy atom. The molecule has 4 aliphatic carbocycles. The minimum atomic E-state index is -1.20. The average Bonchev–Trinajstić information content (AvgIpc) is 3.91. The Kier molecular flexibility index (Phi) is 12.0. The van der Waals surface area contributed by atoms with E-state index in [1.165, 1.54) is 105 Å². The molecule has 0 nitrogen and oxygen atoms in total. The summed E-state index contributed by atoms with van der Waals surface area (Å²) in [6.07, 6.45) is 12.4. The summed E-state index contributed by atoms with van der Waals surface area (Å²) in [7, 11) is -1.20. The smallest absolute Gasteiger partial charge is 0.167 e. The largest absolute Gasteiger partial charge is 0.169 e. The molecule has 0 saturated carbocycles. The van der Waals surface area contributed by atoms with E-state index in [4.69, 9.17) is 11.1 Å². The van der Waals surface area contributed by atoms with Crippen LogP contribution in [0, 0.1) is 0 Å². The molecule has 2 atom stereocenters. The van der Waals surface area contributed by atoms with Crippen LogP contribution in [0.1, 0.15) is 188 Å². The van der Waals surface area contributed by atoms with E-state index in [2.05, 4.69) is 158 Å². The number of halogens is 1. The maximum absolute atomic E-state index is 7.78. The topological polar surface area (TPSA) is 0 Å². The zero-order valence-electron chi connectivity index (χ0n) is 39.0. The van der Waals surface area contributed by atoms with Gasteiger partial charge in [0.15, 0.2) is 8.11 Å². The van der Waals surface area contributed by atoms with E-state index >= 15 is 0 Å². The van der Waals surface area contributed by atoms with Gasteiger partial charge in [0.05, 0.1) is 0 Å². The van der Waals surface area contributed by atoms with Crippen molar-refractivity contribution in [1.29, 1.82) is 0 Å². The summed E-state index contributed by atoms with van der Waals surface area (Å²) in [5.41, 5.74) is 27.4. The zero-order chi connectivity index (χ0) is 41.9. The first-order chi connectivity index (χ1) is 27.0. The van der Waals surface area contributed by atoms with Crippen LogP contribution in [-0.4, -0.2) is 8.11 Å². The summed E-state index contributed by atoms with van der Waals surface area (Å²) in [4.78, 5) is 0. The quantitative estimate of drug-likeness (QED) is 0.134. The monoisotopic (exact) mass is 895 g/mol. The number of rotatable bonds is 6. The average molecular weight is 898 g/mol. The first kappa shape index (κ1) is 44.8. The summed E-state index contributed by atoms with van der Waals surface area (Å²) in [5.74, 6) is 0.797. The molecule has 0 N–H and O–H groups in total. The Morgan fingerprint density at radius 1 is 0.492 bits per heavy atom. The van der Waals surface area contributed by atoms with Gasteiger partial charge in [-0.3, -0.25) is 0 Å². The third kappa shape index (κ3) is 8.49. The second-order valence-electron chi connectivity index (χ2n) is 22.9. The number of benzene rings is 4. The molecule has 0 heterocycles. The van der Waals surface area contributed by atoms with Crippen molar-refractivity contribution in [3.63, 3.8) is 0 Å². The molecule has 0 fully saturated rings. The van der Waals surface area contributed by atoms with Crippen LogP contribution in [0.25, 0.3) is 34.4 Å². The van der Waals surface area contributed by atoms with Gasteiger partial charge in [0.25, 0.3) is 0 Å². The van der Waals surface area contributed by atoms with Crippen molar-refractivity contribution in [2.24, 2.45) is 0 Å². The van der Waals surface area contributed by atoms with Gasteiger partial charge < -0.3 is 0 Å². The van der Waals surface area contributed by atoms with Crippen molar-refractivity contribution >= 4 is 31.3 Å². The standard InChI is InChI=1S/C56H70ClSi.Zr/c1-33-21-47-45(27-35-17-15-19-43(35)51(47)37-23-39(53(3,4)5)29-40(24-37)54(6,7)8)49(33)31-58(57)32-50-34(2)22-48-46(50)28-36-18-16-20-44(36)52(48)38-25-41(55(9,10)11)30-42(26-38)56(12,13)14;/h21-30,49-50H,15-20,31-32H2,1-14H3;. The van der Waals surface area contributed by atoms with Crippen molar-refractivity contribution in [1.82, 2.24) is 0 Å². The van der Waals surface area contributed by atoms with Crippen LogP contribution in [0.5, 0.6) is 0 Å². The van der Waals surface area contributed by atoms with E-state index in [9.17, 15) is 0 Å². The SMILES string of the molecule is CC1=Cc2c(cc3c(c2-c2cc(C(C)(C)C)cc(C(C)(C)C)c2)CCC3)C1C[Si](Cl)CC1C(C)=Cc2c1cc1c(c2-c2cc(C(C)(C)C)cc(C(C)(C)C)c2)CCC1.[Zr]. The Bertz CT molecular complexity index is 2150. The molecule has 0 spiro atoms. The molecule has 8 rings (SSSR count). The molecule has 0 bridgehead atoms. The van der Waals surface area contributed by atoms with Crippen molar-refractivity contribution in [3.05, 3.63) is 126 Å². The van der Waals surface area contributed by atoms with Gasteiger partial charge in [0, 0.05) is 38.0 Å². The number of allylic oxidation sites excluding steroid dienone is 2. The number of fused-ring (bicyclic) bond motifs is 4. The first-order valence-electron chi connectivity index (χ1n) is 22.6. The molecule has 59 heavy (non-hydrogen) atoms. The van der Waals surface area contributed by atoms with E-state index < -0.39 is 8.11 Å². The summed E-state index contributed by atoms with van der Waals surface area (Å²) in [5, 5.41) is 0. The van der Waals surface area contributed by atoms with E-state index in [1.807, 2.05) is 0 Å². The molecule has 0 aromatic heterocycles. The van der Waals surface area contributed by atoms with Crippen LogP contribution >= 0.6 is 11.1 Å². The number of hydrogen-bond donors (Lipinski definition) is 0. The summed E-state index contributed by atoms with van der Waals surface area (Å²) < 4.78 is 0. The molecule has 0 saturated heterocycles. The Morgan fingerprint density at radius 2 is 0.814 bits per heavy atom. The molecule has 0 aliphatic heterocycles. The van der Waals surface area contributed by atoms with Crippen molar-refractivity contribution in [2.75, 3.05) is 0 Å². The molecule has 0 amide bonds. The van der Waals surface area contributed by atoms with Crippen molar-refractivity contribution < 1.29 is 26.2 Å². The maximum atomic E-state index is 7.78.